The number of sulfonamides is 1. The molecule has 2 aromatic carbocycles. The van der Waals surface area contributed by atoms with E-state index >= 15 is 0 Å². The lowest BCUT2D eigenvalue weighted by Gasteiger charge is -2.12. The quantitative estimate of drug-likeness (QED) is 0.536. The lowest BCUT2D eigenvalue weighted by Crippen LogP contribution is -2.41. The summed E-state index contributed by atoms with van der Waals surface area (Å²) in [6.07, 6.45) is 0. The van der Waals surface area contributed by atoms with Crippen LogP contribution in [0.2, 0.25) is 0 Å². The fraction of sp³-hybridized carbons (Fsp3) is 0.227. The van der Waals surface area contributed by atoms with Gasteiger partial charge in [0.1, 0.15) is 10.7 Å². The number of carbonyl (C=O) groups is 2. The molecule has 10 heteroatoms. The minimum atomic E-state index is -3.68. The Morgan fingerprint density at radius 3 is 2.28 bits per heavy atom. The number of aromatic nitrogens is 1. The normalized spacial score (nSPS) is 11.6. The second-order valence-electron chi connectivity index (χ2n) is 7.54. The Hall–Kier alpha value is -3.08. The topological polar surface area (TPSA) is 108 Å². The van der Waals surface area contributed by atoms with Gasteiger partial charge in [0.2, 0.25) is 10.0 Å². The van der Waals surface area contributed by atoms with Crippen LogP contribution in [0.1, 0.15) is 46.2 Å². The highest BCUT2D eigenvalue weighted by atomic mass is 32.2. The monoisotopic (exact) mass is 472 g/mol. The van der Waals surface area contributed by atoms with E-state index in [0.29, 0.717) is 10.9 Å². The van der Waals surface area contributed by atoms with Gasteiger partial charge in [0.05, 0.1) is 4.90 Å². The summed E-state index contributed by atoms with van der Waals surface area (Å²) in [6, 6.07) is 13.6. The Morgan fingerprint density at radius 2 is 1.66 bits per heavy atom. The second kappa shape index (κ2) is 9.60. The summed E-state index contributed by atoms with van der Waals surface area (Å²) < 4.78 is 25.6. The molecule has 2 amide bonds. The lowest BCUT2D eigenvalue weighted by atomic mass is 10.0. The summed E-state index contributed by atoms with van der Waals surface area (Å²) in [5, 5.41) is 2.30. The molecule has 0 spiro atoms. The number of hydrogen-bond donors (Lipinski definition) is 2. The predicted molar refractivity (Wildman–Crippen MR) is 124 cm³/mol. The molecule has 8 nitrogen and oxygen atoms in total. The Labute approximate surface area is 191 Å². The van der Waals surface area contributed by atoms with Crippen molar-refractivity contribution in [2.24, 2.45) is 0 Å². The molecule has 0 fully saturated rings. The number of benzene rings is 2. The van der Waals surface area contributed by atoms with Gasteiger partial charge in [0.15, 0.2) is 0 Å². The van der Waals surface area contributed by atoms with Gasteiger partial charge in [0.25, 0.3) is 11.8 Å². The van der Waals surface area contributed by atoms with Crippen molar-refractivity contribution in [3.05, 3.63) is 70.7 Å². The third-order valence-electron chi connectivity index (χ3n) is 4.73. The maximum absolute atomic E-state index is 12.4. The van der Waals surface area contributed by atoms with Crippen LogP contribution >= 0.6 is 11.3 Å². The molecule has 32 heavy (non-hydrogen) atoms. The molecule has 0 bridgehead atoms. The summed E-state index contributed by atoms with van der Waals surface area (Å²) in [5.74, 6) is -0.792. The minimum Gasteiger partial charge on any atom is -0.267 e. The van der Waals surface area contributed by atoms with Gasteiger partial charge in [0, 0.05) is 30.6 Å². The molecule has 0 aliphatic rings. The van der Waals surface area contributed by atoms with Crippen molar-refractivity contribution < 1.29 is 18.0 Å². The van der Waals surface area contributed by atoms with Crippen LogP contribution in [0.25, 0.3) is 10.6 Å². The van der Waals surface area contributed by atoms with Crippen molar-refractivity contribution in [2.45, 2.75) is 24.7 Å². The van der Waals surface area contributed by atoms with Crippen molar-refractivity contribution in [3.63, 3.8) is 0 Å². The molecular weight excluding hydrogens is 448 g/mol. The zero-order valence-corrected chi connectivity index (χ0v) is 19.8. The first-order valence-corrected chi connectivity index (χ1v) is 12.1. The highest BCUT2D eigenvalue weighted by Crippen LogP contribution is 2.25. The van der Waals surface area contributed by atoms with Gasteiger partial charge in [-0.2, -0.15) is 0 Å². The molecule has 2 N–H and O–H groups in total. The first-order valence-electron chi connectivity index (χ1n) is 9.78. The van der Waals surface area contributed by atoms with E-state index in [9.17, 15) is 18.0 Å². The van der Waals surface area contributed by atoms with Crippen LogP contribution in [0.3, 0.4) is 0 Å². The van der Waals surface area contributed by atoms with Gasteiger partial charge in [-0.3, -0.25) is 20.4 Å². The zero-order chi connectivity index (χ0) is 23.5. The molecule has 168 valence electrons. The first-order chi connectivity index (χ1) is 15.1. The average molecular weight is 473 g/mol. The number of rotatable bonds is 6. The van der Waals surface area contributed by atoms with Gasteiger partial charge in [-0.05, 0) is 29.7 Å². The maximum Gasteiger partial charge on any atom is 0.289 e. The minimum absolute atomic E-state index is 0.0193. The zero-order valence-electron chi connectivity index (χ0n) is 18.1. The molecule has 0 saturated carbocycles. The van der Waals surface area contributed by atoms with Crippen LogP contribution in [0, 0.1) is 0 Å². The van der Waals surface area contributed by atoms with E-state index in [2.05, 4.69) is 29.7 Å². The fourth-order valence-corrected chi connectivity index (χ4v) is 4.53. The van der Waals surface area contributed by atoms with E-state index in [1.54, 1.807) is 5.38 Å². The smallest absolute Gasteiger partial charge is 0.267 e. The van der Waals surface area contributed by atoms with Crippen LogP contribution in [0.4, 0.5) is 0 Å². The molecule has 3 aromatic rings. The molecular formula is C22H24N4O4S2. The summed E-state index contributed by atoms with van der Waals surface area (Å²) in [7, 11) is -0.869. The van der Waals surface area contributed by atoms with Gasteiger partial charge in [-0.15, -0.1) is 11.3 Å². The van der Waals surface area contributed by atoms with E-state index < -0.39 is 21.8 Å². The van der Waals surface area contributed by atoms with Gasteiger partial charge in [-0.1, -0.05) is 44.2 Å². The first kappa shape index (κ1) is 23.6. The van der Waals surface area contributed by atoms with Crippen LogP contribution in [0.5, 0.6) is 0 Å². The predicted octanol–water partition coefficient (Wildman–Crippen LogP) is 3.26. The van der Waals surface area contributed by atoms with Crippen molar-refractivity contribution in [3.8, 4) is 10.6 Å². The third-order valence-corrected chi connectivity index (χ3v) is 7.43. The van der Waals surface area contributed by atoms with E-state index in [1.807, 2.05) is 24.3 Å². The fourth-order valence-electron chi connectivity index (χ4n) is 2.78. The Balaban J connectivity index is 1.66. The maximum atomic E-state index is 12.4. The van der Waals surface area contributed by atoms with Crippen molar-refractivity contribution >= 4 is 33.2 Å². The number of amides is 2. The van der Waals surface area contributed by atoms with Crippen molar-refractivity contribution in [1.82, 2.24) is 20.1 Å². The number of nitrogens with zero attached hydrogens (tertiary/aromatic N) is 2. The molecule has 0 unspecified atom stereocenters. The molecule has 0 aliphatic heterocycles. The highest BCUT2D eigenvalue weighted by Gasteiger charge is 2.19. The number of nitrogens with one attached hydrogen (secondary N) is 2. The second-order valence-corrected chi connectivity index (χ2v) is 10.5. The molecule has 1 heterocycles. The molecule has 0 saturated heterocycles. The molecule has 0 aliphatic carbocycles. The van der Waals surface area contributed by atoms with E-state index in [4.69, 9.17) is 0 Å². The summed E-state index contributed by atoms with van der Waals surface area (Å²) in [6.45, 7) is 4.24. The summed E-state index contributed by atoms with van der Waals surface area (Å²) in [4.78, 5) is 29.1. The van der Waals surface area contributed by atoms with Gasteiger partial charge < -0.3 is 0 Å². The molecule has 3 rings (SSSR count). The van der Waals surface area contributed by atoms with Crippen LogP contribution in [-0.2, 0) is 10.0 Å². The van der Waals surface area contributed by atoms with Crippen LogP contribution < -0.4 is 10.9 Å². The molecule has 0 atom stereocenters. The van der Waals surface area contributed by atoms with Gasteiger partial charge in [-0.25, -0.2) is 17.7 Å². The van der Waals surface area contributed by atoms with Crippen LogP contribution in [0.15, 0.2) is 58.8 Å². The Kier molecular flexibility index (Phi) is 7.07. The van der Waals surface area contributed by atoms with E-state index in [-0.39, 0.29) is 16.2 Å². The summed E-state index contributed by atoms with van der Waals surface area (Å²) in [5.41, 5.74) is 6.99. The summed E-state index contributed by atoms with van der Waals surface area (Å²) >= 11 is 1.33. The van der Waals surface area contributed by atoms with Crippen LogP contribution in [-0.4, -0.2) is 43.6 Å². The Bertz CT molecular complexity index is 1230. The largest absolute Gasteiger partial charge is 0.289 e. The molecule has 1 aromatic heterocycles. The average Bonchev–Trinajstić information content (AvgIpc) is 3.27. The number of hydrogen-bond acceptors (Lipinski definition) is 6. The van der Waals surface area contributed by atoms with Crippen molar-refractivity contribution in [2.75, 3.05) is 14.1 Å². The number of hydrazine groups is 1. The SMILES string of the molecule is CC(C)c1ccc(-c2nc(C(=O)NNC(=O)c3cccc(S(=O)(=O)N(C)C)c3)cs2)cc1. The highest BCUT2D eigenvalue weighted by molar-refractivity contribution is 7.89. The van der Waals surface area contributed by atoms with E-state index in [0.717, 1.165) is 9.87 Å². The van der Waals surface area contributed by atoms with Crippen molar-refractivity contribution in [1.29, 1.82) is 0 Å². The van der Waals surface area contributed by atoms with E-state index in [1.165, 1.54) is 55.3 Å². The number of carbonyl (C=O) groups excluding carboxylic acids is 2. The number of thiazole rings is 1. The van der Waals surface area contributed by atoms with Gasteiger partial charge >= 0.3 is 0 Å². The third kappa shape index (κ3) is 5.21. The Morgan fingerprint density at radius 1 is 1.00 bits per heavy atom. The standard InChI is InChI=1S/C22H24N4O4S2/c1-14(2)15-8-10-16(11-9-15)22-23-19(13-31-22)21(28)25-24-20(27)17-6-5-7-18(12-17)32(29,30)26(3)4/h5-14H,1-4H3,(H,24,27)(H,25,28). The lowest BCUT2D eigenvalue weighted by molar-refractivity contribution is 0.0844. The molecule has 0 radical (unpaired) electrons.